The van der Waals surface area contributed by atoms with Gasteiger partial charge >= 0.3 is 0 Å². The lowest BCUT2D eigenvalue weighted by Crippen LogP contribution is -2.29. The van der Waals surface area contributed by atoms with Crippen LogP contribution in [0.5, 0.6) is 0 Å². The summed E-state index contributed by atoms with van der Waals surface area (Å²) < 4.78 is 5.54. The number of rotatable bonds is 4. The Morgan fingerprint density at radius 2 is 1.81 bits per heavy atom. The van der Waals surface area contributed by atoms with Crippen LogP contribution < -0.4 is 0 Å². The number of aryl methyl sites for hydroxylation is 1. The fraction of sp³-hybridized carbons (Fsp3) is 0.111. The van der Waals surface area contributed by atoms with Gasteiger partial charge in [0.25, 0.3) is 17.5 Å². The van der Waals surface area contributed by atoms with Crippen LogP contribution >= 0.6 is 0 Å². The lowest BCUT2D eigenvalue weighted by Gasteiger charge is -2.10. The SMILES string of the molecule is Cc1ccc(-c2nnc(CN3C(=O)c4cccc([N+](=O)[O-])c4C3=O)o2)cc1. The van der Waals surface area contributed by atoms with Crippen molar-refractivity contribution in [3.63, 3.8) is 0 Å². The summed E-state index contributed by atoms with van der Waals surface area (Å²) in [6, 6.07) is 11.4. The highest BCUT2D eigenvalue weighted by atomic mass is 16.6. The Labute approximate surface area is 152 Å². The topological polar surface area (TPSA) is 119 Å². The van der Waals surface area contributed by atoms with Crippen LogP contribution in [-0.2, 0) is 6.54 Å². The maximum absolute atomic E-state index is 12.6. The molecular formula is C18H12N4O5. The van der Waals surface area contributed by atoms with E-state index in [0.29, 0.717) is 5.56 Å². The second-order valence-corrected chi connectivity index (χ2v) is 6.02. The third kappa shape index (κ3) is 2.74. The fourth-order valence-electron chi connectivity index (χ4n) is 2.88. The smallest absolute Gasteiger partial charge is 0.282 e. The quantitative estimate of drug-likeness (QED) is 0.396. The Morgan fingerprint density at radius 1 is 1.07 bits per heavy atom. The van der Waals surface area contributed by atoms with Crippen molar-refractivity contribution in [2.24, 2.45) is 0 Å². The van der Waals surface area contributed by atoms with E-state index in [1.165, 1.54) is 18.2 Å². The molecule has 0 saturated heterocycles. The van der Waals surface area contributed by atoms with Gasteiger partial charge < -0.3 is 4.42 Å². The van der Waals surface area contributed by atoms with Gasteiger partial charge in [0.15, 0.2) is 0 Å². The van der Waals surface area contributed by atoms with E-state index in [1.807, 2.05) is 31.2 Å². The van der Waals surface area contributed by atoms with E-state index in [4.69, 9.17) is 4.42 Å². The normalized spacial score (nSPS) is 13.1. The molecule has 4 rings (SSSR count). The molecule has 27 heavy (non-hydrogen) atoms. The molecule has 0 saturated carbocycles. The van der Waals surface area contributed by atoms with E-state index >= 15 is 0 Å². The first kappa shape index (κ1) is 16.6. The first-order valence-corrected chi connectivity index (χ1v) is 7.98. The number of carbonyl (C=O) groups is 2. The number of carbonyl (C=O) groups excluding carboxylic acids is 2. The van der Waals surface area contributed by atoms with E-state index < -0.39 is 22.4 Å². The van der Waals surface area contributed by atoms with Gasteiger partial charge in [-0.15, -0.1) is 10.2 Å². The highest BCUT2D eigenvalue weighted by Crippen LogP contribution is 2.31. The highest BCUT2D eigenvalue weighted by Gasteiger charge is 2.41. The largest absolute Gasteiger partial charge is 0.419 e. The number of nitrogens with zero attached hydrogens (tertiary/aromatic N) is 4. The van der Waals surface area contributed by atoms with Gasteiger partial charge in [0.05, 0.1) is 10.5 Å². The summed E-state index contributed by atoms with van der Waals surface area (Å²) in [6.45, 7) is 1.69. The molecular weight excluding hydrogens is 352 g/mol. The van der Waals surface area contributed by atoms with Crippen LogP contribution in [0.1, 0.15) is 32.2 Å². The van der Waals surface area contributed by atoms with Gasteiger partial charge in [-0.05, 0) is 25.1 Å². The van der Waals surface area contributed by atoms with Gasteiger partial charge in [0, 0.05) is 11.6 Å². The standard InChI is InChI=1S/C18H12N4O5/c1-10-5-7-11(8-6-10)16-20-19-14(27-16)9-21-17(23)12-3-2-4-13(22(25)26)15(12)18(21)24/h2-8H,9H2,1H3. The van der Waals surface area contributed by atoms with Gasteiger partial charge in [-0.3, -0.25) is 24.6 Å². The highest BCUT2D eigenvalue weighted by molar-refractivity contribution is 6.23. The van der Waals surface area contributed by atoms with Crippen LogP contribution in [0.2, 0.25) is 0 Å². The lowest BCUT2D eigenvalue weighted by molar-refractivity contribution is -0.385. The second-order valence-electron chi connectivity index (χ2n) is 6.02. The van der Waals surface area contributed by atoms with E-state index in [0.717, 1.165) is 10.5 Å². The van der Waals surface area contributed by atoms with E-state index in [2.05, 4.69) is 10.2 Å². The summed E-state index contributed by atoms with van der Waals surface area (Å²) in [7, 11) is 0. The number of fused-ring (bicyclic) bond motifs is 1. The molecule has 0 radical (unpaired) electrons. The molecule has 1 aliphatic rings. The molecule has 3 aromatic rings. The third-order valence-corrected chi connectivity index (χ3v) is 4.23. The van der Waals surface area contributed by atoms with Gasteiger partial charge in [-0.2, -0.15) is 0 Å². The molecule has 2 amide bonds. The molecule has 134 valence electrons. The average Bonchev–Trinajstić information content (AvgIpc) is 3.22. The van der Waals surface area contributed by atoms with E-state index in [9.17, 15) is 19.7 Å². The Kier molecular flexibility index (Phi) is 3.76. The summed E-state index contributed by atoms with van der Waals surface area (Å²) >= 11 is 0. The minimum absolute atomic E-state index is 0.00697. The van der Waals surface area contributed by atoms with Crippen LogP contribution in [0, 0.1) is 17.0 Å². The minimum atomic E-state index is -0.752. The molecule has 1 aromatic heterocycles. The van der Waals surface area contributed by atoms with Crippen molar-refractivity contribution in [1.29, 1.82) is 0 Å². The fourth-order valence-corrected chi connectivity index (χ4v) is 2.88. The second kappa shape index (κ2) is 6.13. The lowest BCUT2D eigenvalue weighted by atomic mass is 10.1. The molecule has 0 spiro atoms. The number of nitro groups is 1. The maximum atomic E-state index is 12.6. The van der Waals surface area contributed by atoms with Crippen molar-refractivity contribution in [2.75, 3.05) is 0 Å². The Morgan fingerprint density at radius 3 is 2.52 bits per heavy atom. The number of amides is 2. The summed E-state index contributed by atoms with van der Waals surface area (Å²) in [6.07, 6.45) is 0. The zero-order valence-electron chi connectivity index (χ0n) is 14.1. The van der Waals surface area contributed by atoms with Crippen molar-refractivity contribution >= 4 is 17.5 Å². The molecule has 2 heterocycles. The van der Waals surface area contributed by atoms with Crippen LogP contribution in [-0.4, -0.2) is 31.8 Å². The minimum Gasteiger partial charge on any atom is -0.419 e. The van der Waals surface area contributed by atoms with E-state index in [1.54, 1.807) is 0 Å². The molecule has 0 fully saturated rings. The van der Waals surface area contributed by atoms with Crippen molar-refractivity contribution in [3.05, 3.63) is 75.2 Å². The zero-order valence-corrected chi connectivity index (χ0v) is 14.1. The van der Waals surface area contributed by atoms with Gasteiger partial charge in [-0.25, -0.2) is 0 Å². The molecule has 9 nitrogen and oxygen atoms in total. The predicted octanol–water partition coefficient (Wildman–Crippen LogP) is 2.75. The van der Waals surface area contributed by atoms with Crippen LogP contribution in [0.15, 0.2) is 46.9 Å². The first-order valence-electron chi connectivity index (χ1n) is 7.98. The molecule has 2 aromatic carbocycles. The summed E-state index contributed by atoms with van der Waals surface area (Å²) in [4.78, 5) is 36.4. The summed E-state index contributed by atoms with van der Waals surface area (Å²) in [5.74, 6) is -1.07. The molecule has 0 bridgehead atoms. The van der Waals surface area contributed by atoms with E-state index in [-0.39, 0.29) is 29.5 Å². The number of hydrogen-bond acceptors (Lipinski definition) is 7. The molecule has 9 heteroatoms. The molecule has 0 unspecified atom stereocenters. The van der Waals surface area contributed by atoms with Crippen LogP contribution in [0.4, 0.5) is 5.69 Å². The molecule has 0 atom stereocenters. The molecule has 1 aliphatic heterocycles. The Bertz CT molecular complexity index is 1090. The predicted molar refractivity (Wildman–Crippen MR) is 91.8 cm³/mol. The monoisotopic (exact) mass is 364 g/mol. The summed E-state index contributed by atoms with van der Waals surface area (Å²) in [5, 5.41) is 18.9. The zero-order chi connectivity index (χ0) is 19.1. The van der Waals surface area contributed by atoms with Gasteiger partial charge in [-0.1, -0.05) is 23.8 Å². The number of imide groups is 1. The van der Waals surface area contributed by atoms with Crippen molar-refractivity contribution in [3.8, 4) is 11.5 Å². The van der Waals surface area contributed by atoms with Crippen LogP contribution in [0.3, 0.4) is 0 Å². The number of benzene rings is 2. The van der Waals surface area contributed by atoms with Crippen LogP contribution in [0.25, 0.3) is 11.5 Å². The average molecular weight is 364 g/mol. The van der Waals surface area contributed by atoms with Crippen molar-refractivity contribution in [2.45, 2.75) is 13.5 Å². The van der Waals surface area contributed by atoms with Crippen molar-refractivity contribution < 1.29 is 18.9 Å². The number of aromatic nitrogens is 2. The third-order valence-electron chi connectivity index (χ3n) is 4.23. The maximum Gasteiger partial charge on any atom is 0.282 e. The number of nitro benzene ring substituents is 1. The Balaban J connectivity index is 1.62. The van der Waals surface area contributed by atoms with Gasteiger partial charge in [0.1, 0.15) is 12.1 Å². The molecule has 0 aliphatic carbocycles. The number of hydrogen-bond donors (Lipinski definition) is 0. The van der Waals surface area contributed by atoms with Gasteiger partial charge in [0.2, 0.25) is 11.8 Å². The first-order chi connectivity index (χ1) is 13.0. The summed E-state index contributed by atoms with van der Waals surface area (Å²) in [5.41, 5.74) is 1.15. The molecule has 0 N–H and O–H groups in total. The van der Waals surface area contributed by atoms with Crippen molar-refractivity contribution in [1.82, 2.24) is 15.1 Å². The Hall–Kier alpha value is -3.88.